The number of amidine groups is 1. The van der Waals surface area contributed by atoms with Gasteiger partial charge >= 0.3 is 0 Å². The van der Waals surface area contributed by atoms with E-state index in [1.54, 1.807) is 0 Å². The van der Waals surface area contributed by atoms with E-state index in [1.807, 2.05) is 0 Å². The lowest BCUT2D eigenvalue weighted by atomic mass is 9.90. The fourth-order valence-electron chi connectivity index (χ4n) is 1.84. The first kappa shape index (κ1) is 12.8. The Balaban J connectivity index is 2.61. The highest BCUT2D eigenvalue weighted by molar-refractivity contribution is 5.82. The number of halogens is 4. The normalized spacial score (nSPS) is 24.2. The molecule has 18 heavy (non-hydrogen) atoms. The Bertz CT molecular complexity index is 492. The summed E-state index contributed by atoms with van der Waals surface area (Å²) in [5, 5.41) is 0. The lowest BCUT2D eigenvalue weighted by Gasteiger charge is -2.33. The molecule has 0 fully saturated rings. The van der Waals surface area contributed by atoms with Gasteiger partial charge in [0.25, 0.3) is 6.43 Å². The molecule has 0 aromatic heterocycles. The van der Waals surface area contributed by atoms with Gasteiger partial charge in [0.1, 0.15) is 12.4 Å². The van der Waals surface area contributed by atoms with Crippen LogP contribution in [0.3, 0.4) is 0 Å². The molecule has 0 spiro atoms. The van der Waals surface area contributed by atoms with Crippen LogP contribution in [0.4, 0.5) is 17.6 Å². The molecule has 7 heteroatoms. The summed E-state index contributed by atoms with van der Waals surface area (Å²) < 4.78 is 58.1. The molecule has 0 bridgehead atoms. The number of alkyl halides is 2. The van der Waals surface area contributed by atoms with Crippen molar-refractivity contribution < 1.29 is 22.3 Å². The van der Waals surface area contributed by atoms with E-state index in [1.165, 1.54) is 0 Å². The van der Waals surface area contributed by atoms with Gasteiger partial charge in [0.15, 0.2) is 17.2 Å². The lowest BCUT2D eigenvalue weighted by Crippen LogP contribution is -2.45. The summed E-state index contributed by atoms with van der Waals surface area (Å²) in [6.45, 7) is -0.656. The van der Waals surface area contributed by atoms with Gasteiger partial charge < -0.3 is 10.5 Å². The van der Waals surface area contributed by atoms with Crippen LogP contribution in [-0.2, 0) is 10.3 Å². The quantitative estimate of drug-likeness (QED) is 0.826. The summed E-state index contributed by atoms with van der Waals surface area (Å²) in [6, 6.07) is 3.03. The van der Waals surface area contributed by atoms with Crippen molar-refractivity contribution >= 4 is 5.84 Å². The third kappa shape index (κ3) is 1.94. The van der Waals surface area contributed by atoms with E-state index in [0.717, 1.165) is 18.2 Å². The van der Waals surface area contributed by atoms with Crippen molar-refractivity contribution in [3.05, 3.63) is 35.4 Å². The maximum absolute atomic E-state index is 13.6. The Morgan fingerprint density at radius 3 is 2.67 bits per heavy atom. The third-order valence-corrected chi connectivity index (χ3v) is 2.69. The summed E-state index contributed by atoms with van der Waals surface area (Å²) in [5.41, 5.74) is 2.51. The van der Waals surface area contributed by atoms with Crippen molar-refractivity contribution in [2.24, 2.45) is 10.7 Å². The highest BCUT2D eigenvalue weighted by Gasteiger charge is 2.46. The standard InChI is InChI=1S/C11H10F4N2O/c12-7-3-1-2-6(9(7)13)11(10(14)15)5-18-4-8(16)17-11/h1-3,10H,4-5H2,(H2,16,17)/t11-/m0/s1. The monoisotopic (exact) mass is 262 g/mol. The predicted molar refractivity (Wildman–Crippen MR) is 56.5 cm³/mol. The van der Waals surface area contributed by atoms with Crippen molar-refractivity contribution in [1.82, 2.24) is 0 Å². The van der Waals surface area contributed by atoms with Gasteiger partial charge in [-0.3, -0.25) is 4.99 Å². The molecule has 1 heterocycles. The van der Waals surface area contributed by atoms with Crippen molar-refractivity contribution in [1.29, 1.82) is 0 Å². The minimum absolute atomic E-state index is 0.106. The molecular weight excluding hydrogens is 252 g/mol. The second kappa shape index (κ2) is 4.56. The fraction of sp³-hybridized carbons (Fsp3) is 0.364. The van der Waals surface area contributed by atoms with E-state index >= 15 is 0 Å². The van der Waals surface area contributed by atoms with E-state index in [2.05, 4.69) is 4.99 Å². The molecule has 0 aliphatic carbocycles. The first-order valence-corrected chi connectivity index (χ1v) is 5.12. The highest BCUT2D eigenvalue weighted by atomic mass is 19.3. The van der Waals surface area contributed by atoms with E-state index in [4.69, 9.17) is 10.5 Å². The van der Waals surface area contributed by atoms with Crippen molar-refractivity contribution in [3.63, 3.8) is 0 Å². The summed E-state index contributed by atoms with van der Waals surface area (Å²) >= 11 is 0. The van der Waals surface area contributed by atoms with E-state index in [0.29, 0.717) is 0 Å². The highest BCUT2D eigenvalue weighted by Crippen LogP contribution is 2.37. The Hall–Kier alpha value is -1.63. The van der Waals surface area contributed by atoms with Crippen LogP contribution in [0.25, 0.3) is 0 Å². The average Bonchev–Trinajstić information content (AvgIpc) is 2.32. The van der Waals surface area contributed by atoms with Gasteiger partial charge in [-0.25, -0.2) is 17.6 Å². The molecule has 0 saturated heterocycles. The van der Waals surface area contributed by atoms with Gasteiger partial charge in [0.05, 0.1) is 6.61 Å². The average molecular weight is 262 g/mol. The van der Waals surface area contributed by atoms with Crippen LogP contribution < -0.4 is 5.73 Å². The zero-order chi connectivity index (χ0) is 13.3. The third-order valence-electron chi connectivity index (χ3n) is 2.69. The van der Waals surface area contributed by atoms with Crippen LogP contribution >= 0.6 is 0 Å². The number of nitrogens with two attached hydrogens (primary N) is 1. The molecule has 2 rings (SSSR count). The molecule has 2 N–H and O–H groups in total. The zero-order valence-electron chi connectivity index (χ0n) is 9.17. The number of hydrogen-bond donors (Lipinski definition) is 1. The first-order valence-electron chi connectivity index (χ1n) is 5.12. The number of nitrogens with zero attached hydrogens (tertiary/aromatic N) is 1. The number of ether oxygens (including phenoxy) is 1. The van der Waals surface area contributed by atoms with Crippen LogP contribution in [0, 0.1) is 11.6 Å². The molecule has 0 amide bonds. The zero-order valence-corrected chi connectivity index (χ0v) is 9.17. The van der Waals surface area contributed by atoms with Crippen molar-refractivity contribution in [3.8, 4) is 0 Å². The minimum atomic E-state index is -3.06. The minimum Gasteiger partial charge on any atom is -0.385 e. The Morgan fingerprint density at radius 1 is 1.33 bits per heavy atom. The molecule has 1 aliphatic heterocycles. The number of hydrogen-bond acceptors (Lipinski definition) is 3. The van der Waals surface area contributed by atoms with Crippen LogP contribution in [0.2, 0.25) is 0 Å². The van der Waals surface area contributed by atoms with E-state index in [9.17, 15) is 17.6 Å². The molecule has 0 radical (unpaired) electrons. The molecule has 0 saturated carbocycles. The summed E-state index contributed by atoms with van der Waals surface area (Å²) in [5.74, 6) is -2.75. The number of rotatable bonds is 2. The Morgan fingerprint density at radius 2 is 2.06 bits per heavy atom. The van der Waals surface area contributed by atoms with Gasteiger partial charge in [0.2, 0.25) is 0 Å². The molecule has 98 valence electrons. The number of aliphatic imine (C=N–C) groups is 1. The van der Waals surface area contributed by atoms with Crippen LogP contribution in [0.15, 0.2) is 23.2 Å². The molecule has 3 nitrogen and oxygen atoms in total. The topological polar surface area (TPSA) is 47.6 Å². The second-order valence-electron chi connectivity index (χ2n) is 3.92. The lowest BCUT2D eigenvalue weighted by molar-refractivity contribution is -0.0148. The van der Waals surface area contributed by atoms with Crippen LogP contribution in [0.5, 0.6) is 0 Å². The molecule has 0 unspecified atom stereocenters. The smallest absolute Gasteiger partial charge is 0.269 e. The van der Waals surface area contributed by atoms with E-state index < -0.39 is 35.8 Å². The molecule has 1 aliphatic rings. The van der Waals surface area contributed by atoms with Gasteiger partial charge in [-0.2, -0.15) is 0 Å². The van der Waals surface area contributed by atoms with Gasteiger partial charge in [-0.1, -0.05) is 12.1 Å². The van der Waals surface area contributed by atoms with Gasteiger partial charge in [0, 0.05) is 5.56 Å². The second-order valence-corrected chi connectivity index (χ2v) is 3.92. The molecular formula is C11H10F4N2O. The van der Waals surface area contributed by atoms with Gasteiger partial charge in [-0.15, -0.1) is 0 Å². The van der Waals surface area contributed by atoms with E-state index in [-0.39, 0.29) is 12.4 Å². The van der Waals surface area contributed by atoms with Crippen molar-refractivity contribution in [2.45, 2.75) is 12.0 Å². The Labute approximate surface area is 100 Å². The molecule has 1 aromatic rings. The van der Waals surface area contributed by atoms with Gasteiger partial charge in [-0.05, 0) is 6.07 Å². The number of benzene rings is 1. The SMILES string of the molecule is NC1=N[C@@](c2cccc(F)c2F)(C(F)F)COC1. The molecule has 1 aromatic carbocycles. The van der Waals surface area contributed by atoms with Crippen LogP contribution in [-0.4, -0.2) is 25.5 Å². The van der Waals surface area contributed by atoms with Crippen molar-refractivity contribution in [2.75, 3.05) is 13.2 Å². The maximum atomic E-state index is 13.6. The largest absolute Gasteiger partial charge is 0.385 e. The molecule has 1 atom stereocenters. The summed E-state index contributed by atoms with van der Waals surface area (Å²) in [6.07, 6.45) is -3.06. The summed E-state index contributed by atoms with van der Waals surface area (Å²) in [4.78, 5) is 3.60. The van der Waals surface area contributed by atoms with Crippen LogP contribution in [0.1, 0.15) is 5.56 Å². The predicted octanol–water partition coefficient (Wildman–Crippen LogP) is 1.81. The Kier molecular flexibility index (Phi) is 3.25. The first-order chi connectivity index (χ1) is 8.47. The fourth-order valence-corrected chi connectivity index (χ4v) is 1.84. The maximum Gasteiger partial charge on any atom is 0.269 e. The summed E-state index contributed by atoms with van der Waals surface area (Å²) in [7, 11) is 0.